The Bertz CT molecular complexity index is 941. The van der Waals surface area contributed by atoms with E-state index in [1.54, 1.807) is 0 Å². The molecule has 0 unspecified atom stereocenters. The van der Waals surface area contributed by atoms with Crippen molar-refractivity contribution in [3.63, 3.8) is 0 Å². The Morgan fingerprint density at radius 2 is 1.85 bits per heavy atom. The first-order chi connectivity index (χ1) is 13.2. The summed E-state index contributed by atoms with van der Waals surface area (Å²) in [5, 5.41) is 3.19. The molecular weight excluding hydrogens is 338 g/mol. The second-order valence-electron chi connectivity index (χ2n) is 6.71. The van der Waals surface area contributed by atoms with Gasteiger partial charge in [-0.15, -0.1) is 0 Å². The Morgan fingerprint density at radius 3 is 2.59 bits per heavy atom. The minimum atomic E-state index is -0.533. The van der Waals surface area contributed by atoms with Crippen LogP contribution in [0.3, 0.4) is 0 Å². The summed E-state index contributed by atoms with van der Waals surface area (Å²) in [5.41, 5.74) is 10.5. The first kappa shape index (κ1) is 17.2. The number of fused-ring (bicyclic) bond motifs is 1. The molecule has 136 valence electrons. The Hall–Kier alpha value is -3.25. The van der Waals surface area contributed by atoms with Crippen LogP contribution in [0.25, 0.3) is 0 Å². The Kier molecular flexibility index (Phi) is 4.80. The number of aromatic nitrogens is 2. The third-order valence-corrected chi connectivity index (χ3v) is 4.74. The highest BCUT2D eigenvalue weighted by molar-refractivity contribution is 5.92. The van der Waals surface area contributed by atoms with E-state index in [4.69, 9.17) is 5.73 Å². The maximum Gasteiger partial charge on any atom is 0.251 e. The number of anilines is 2. The molecule has 1 aromatic heterocycles. The number of amides is 1. The number of carbonyl (C=O) groups excluding carboxylic acids is 1. The minimum absolute atomic E-state index is 0.294. The van der Waals surface area contributed by atoms with E-state index in [0.717, 1.165) is 31.7 Å². The fourth-order valence-electron chi connectivity index (χ4n) is 3.32. The number of rotatable bonds is 5. The summed E-state index contributed by atoms with van der Waals surface area (Å²) in [6.45, 7) is 2.93. The first-order valence-corrected chi connectivity index (χ1v) is 8.94. The number of hydrogen-bond acceptors (Lipinski definition) is 5. The van der Waals surface area contributed by atoms with Crippen molar-refractivity contribution in [1.82, 2.24) is 14.9 Å². The molecule has 4 rings (SSSR count). The van der Waals surface area contributed by atoms with Crippen molar-refractivity contribution >= 4 is 17.5 Å². The van der Waals surface area contributed by atoms with E-state index < -0.39 is 5.91 Å². The van der Waals surface area contributed by atoms with Gasteiger partial charge in [-0.1, -0.05) is 36.4 Å². The molecule has 6 heteroatoms. The predicted octanol–water partition coefficient (Wildman–Crippen LogP) is 2.88. The van der Waals surface area contributed by atoms with Crippen LogP contribution in [0.15, 0.2) is 60.9 Å². The van der Waals surface area contributed by atoms with Crippen molar-refractivity contribution in [2.75, 3.05) is 11.9 Å². The standard InChI is InChI=1S/C21H21N5O/c22-20(27)18-11-23-21(24-12-18)25-19-7-6-16-8-9-26(14-17(16)10-19)13-15-4-2-1-3-5-15/h1-7,10-12H,8-9,13-14H2,(H2,22,27)(H,23,24,25). The van der Waals surface area contributed by atoms with Gasteiger partial charge in [-0.2, -0.15) is 0 Å². The van der Waals surface area contributed by atoms with E-state index in [0.29, 0.717) is 11.5 Å². The number of nitrogens with one attached hydrogen (secondary N) is 1. The van der Waals surface area contributed by atoms with E-state index >= 15 is 0 Å². The van der Waals surface area contributed by atoms with Crippen molar-refractivity contribution < 1.29 is 4.79 Å². The highest BCUT2D eigenvalue weighted by Gasteiger charge is 2.17. The predicted molar refractivity (Wildman–Crippen MR) is 105 cm³/mol. The SMILES string of the molecule is NC(=O)c1cnc(Nc2ccc3c(c2)CN(Cc2ccccc2)CC3)nc1. The first-order valence-electron chi connectivity index (χ1n) is 8.94. The molecule has 3 N–H and O–H groups in total. The van der Waals surface area contributed by atoms with E-state index in [-0.39, 0.29) is 0 Å². The second-order valence-corrected chi connectivity index (χ2v) is 6.71. The molecule has 0 saturated carbocycles. The van der Waals surface area contributed by atoms with Gasteiger partial charge in [-0.25, -0.2) is 9.97 Å². The Morgan fingerprint density at radius 1 is 1.07 bits per heavy atom. The number of benzene rings is 2. The molecule has 0 saturated heterocycles. The summed E-state index contributed by atoms with van der Waals surface area (Å²) in [5.74, 6) is -0.0919. The molecule has 1 amide bonds. The van der Waals surface area contributed by atoms with Crippen molar-refractivity contribution in [2.45, 2.75) is 19.5 Å². The average molecular weight is 359 g/mol. The van der Waals surface area contributed by atoms with Crippen LogP contribution in [0, 0.1) is 0 Å². The number of hydrogen-bond donors (Lipinski definition) is 2. The Balaban J connectivity index is 1.46. The van der Waals surface area contributed by atoms with Crippen molar-refractivity contribution in [1.29, 1.82) is 0 Å². The maximum atomic E-state index is 11.1. The number of primary amides is 1. The normalized spacial score (nSPS) is 13.8. The molecule has 0 atom stereocenters. The van der Waals surface area contributed by atoms with Crippen LogP contribution >= 0.6 is 0 Å². The lowest BCUT2D eigenvalue weighted by atomic mass is 9.98. The molecule has 6 nitrogen and oxygen atoms in total. The van der Waals surface area contributed by atoms with E-state index in [1.165, 1.54) is 29.1 Å². The monoisotopic (exact) mass is 359 g/mol. The summed E-state index contributed by atoms with van der Waals surface area (Å²) >= 11 is 0. The van der Waals surface area contributed by atoms with Gasteiger partial charge in [0.15, 0.2) is 0 Å². The summed E-state index contributed by atoms with van der Waals surface area (Å²) in [7, 11) is 0. The smallest absolute Gasteiger partial charge is 0.251 e. The van der Waals surface area contributed by atoms with Crippen LogP contribution in [0.1, 0.15) is 27.0 Å². The lowest BCUT2D eigenvalue weighted by molar-refractivity contribution is 0.0999. The van der Waals surface area contributed by atoms with Gasteiger partial charge >= 0.3 is 0 Å². The van der Waals surface area contributed by atoms with Crippen molar-refractivity contribution in [3.05, 3.63) is 83.2 Å². The van der Waals surface area contributed by atoms with Gasteiger partial charge in [0.1, 0.15) is 0 Å². The molecule has 0 aliphatic carbocycles. The van der Waals surface area contributed by atoms with Gasteiger partial charge in [0, 0.05) is 37.7 Å². The van der Waals surface area contributed by atoms with Gasteiger partial charge in [-0.3, -0.25) is 9.69 Å². The molecule has 0 radical (unpaired) electrons. The molecule has 0 bridgehead atoms. The van der Waals surface area contributed by atoms with Gasteiger partial charge in [0.25, 0.3) is 5.91 Å². The zero-order valence-corrected chi connectivity index (χ0v) is 14.9. The summed E-state index contributed by atoms with van der Waals surface area (Å²) in [4.78, 5) is 21.9. The van der Waals surface area contributed by atoms with E-state index in [1.807, 2.05) is 12.1 Å². The van der Waals surface area contributed by atoms with Gasteiger partial charge in [0.2, 0.25) is 5.95 Å². The van der Waals surface area contributed by atoms with Crippen LogP contribution in [-0.4, -0.2) is 27.3 Å². The molecule has 2 heterocycles. The van der Waals surface area contributed by atoms with Crippen LogP contribution in [0.4, 0.5) is 11.6 Å². The fraction of sp³-hybridized carbons (Fsp3) is 0.190. The van der Waals surface area contributed by atoms with Gasteiger partial charge in [-0.05, 0) is 35.2 Å². The zero-order chi connectivity index (χ0) is 18.6. The third-order valence-electron chi connectivity index (χ3n) is 4.74. The van der Waals surface area contributed by atoms with Crippen LogP contribution in [0.2, 0.25) is 0 Å². The molecular formula is C21H21N5O. The molecule has 0 spiro atoms. The maximum absolute atomic E-state index is 11.1. The molecule has 1 aliphatic heterocycles. The number of carbonyl (C=O) groups is 1. The van der Waals surface area contributed by atoms with Crippen molar-refractivity contribution in [3.8, 4) is 0 Å². The highest BCUT2D eigenvalue weighted by Crippen LogP contribution is 2.25. The fourth-order valence-corrected chi connectivity index (χ4v) is 3.32. The van der Waals surface area contributed by atoms with Gasteiger partial charge in [0.05, 0.1) is 5.56 Å². The molecule has 1 aliphatic rings. The number of nitrogens with two attached hydrogens (primary N) is 1. The minimum Gasteiger partial charge on any atom is -0.366 e. The van der Waals surface area contributed by atoms with Crippen LogP contribution in [-0.2, 0) is 19.5 Å². The van der Waals surface area contributed by atoms with Gasteiger partial charge < -0.3 is 11.1 Å². The molecule has 2 aromatic carbocycles. The quantitative estimate of drug-likeness (QED) is 0.732. The van der Waals surface area contributed by atoms with Crippen LogP contribution < -0.4 is 11.1 Å². The summed E-state index contributed by atoms with van der Waals surface area (Å²) in [6, 6.07) is 16.9. The lowest BCUT2D eigenvalue weighted by Gasteiger charge is -2.29. The van der Waals surface area contributed by atoms with E-state index in [9.17, 15) is 4.79 Å². The summed E-state index contributed by atoms with van der Waals surface area (Å²) in [6.07, 6.45) is 3.90. The van der Waals surface area contributed by atoms with E-state index in [2.05, 4.69) is 56.6 Å². The molecule has 3 aromatic rings. The Labute approximate surface area is 158 Å². The summed E-state index contributed by atoms with van der Waals surface area (Å²) < 4.78 is 0. The largest absolute Gasteiger partial charge is 0.366 e. The van der Waals surface area contributed by atoms with Crippen LogP contribution in [0.5, 0.6) is 0 Å². The number of nitrogens with zero attached hydrogens (tertiary/aromatic N) is 3. The third kappa shape index (κ3) is 4.12. The topological polar surface area (TPSA) is 84.1 Å². The molecule has 0 fully saturated rings. The van der Waals surface area contributed by atoms with Crippen molar-refractivity contribution in [2.24, 2.45) is 5.73 Å². The highest BCUT2D eigenvalue weighted by atomic mass is 16.1. The molecule has 27 heavy (non-hydrogen) atoms. The second kappa shape index (κ2) is 7.55. The average Bonchev–Trinajstić information content (AvgIpc) is 2.69. The zero-order valence-electron chi connectivity index (χ0n) is 14.9. The lowest BCUT2D eigenvalue weighted by Crippen LogP contribution is -2.30.